The van der Waals surface area contributed by atoms with E-state index in [0.717, 1.165) is 12.8 Å². The summed E-state index contributed by atoms with van der Waals surface area (Å²) in [4.78, 5) is 27.0. The van der Waals surface area contributed by atoms with Crippen molar-refractivity contribution < 1.29 is 14.3 Å². The molecule has 1 saturated heterocycles. The van der Waals surface area contributed by atoms with Crippen LogP contribution in [0.5, 0.6) is 0 Å². The summed E-state index contributed by atoms with van der Waals surface area (Å²) < 4.78 is 5.30. The molecule has 0 N–H and O–H groups in total. The predicted octanol–water partition coefficient (Wildman–Crippen LogP) is 0.738. The Kier molecular flexibility index (Phi) is 5.59. The van der Waals surface area contributed by atoms with Gasteiger partial charge in [0.15, 0.2) is 0 Å². The number of carbonyl (C=O) groups is 2. The summed E-state index contributed by atoms with van der Waals surface area (Å²) in [6, 6.07) is 0. The first-order valence-corrected chi connectivity index (χ1v) is 6.52. The number of carbonyl (C=O) groups excluding carboxylic acids is 2. The van der Waals surface area contributed by atoms with Gasteiger partial charge in [-0.25, -0.2) is 0 Å². The quantitative estimate of drug-likeness (QED) is 0.745. The van der Waals surface area contributed by atoms with Gasteiger partial charge in [0.05, 0.1) is 6.10 Å². The first-order chi connectivity index (χ1) is 8.41. The lowest BCUT2D eigenvalue weighted by atomic mass is 9.95. The lowest BCUT2D eigenvalue weighted by molar-refractivity contribution is -0.142. The highest BCUT2D eigenvalue weighted by Crippen LogP contribution is 2.19. The monoisotopic (exact) mass is 256 g/mol. The minimum absolute atomic E-state index is 0.0273. The molecule has 0 radical (unpaired) electrons. The fourth-order valence-corrected chi connectivity index (χ4v) is 2.07. The Hall–Kier alpha value is -1.10. The summed E-state index contributed by atoms with van der Waals surface area (Å²) in [6.45, 7) is 5.28. The van der Waals surface area contributed by atoms with Crippen LogP contribution in [0.2, 0.25) is 0 Å². The topological polar surface area (TPSA) is 49.9 Å². The minimum atomic E-state index is 0.0273. The number of hydrogen-bond acceptors (Lipinski definition) is 3. The fraction of sp³-hybridized carbons (Fsp3) is 0.846. The Morgan fingerprint density at radius 1 is 1.28 bits per heavy atom. The van der Waals surface area contributed by atoms with E-state index >= 15 is 0 Å². The highest BCUT2D eigenvalue weighted by molar-refractivity contribution is 5.80. The molecule has 1 fully saturated rings. The smallest absolute Gasteiger partial charge is 0.248 e. The second kappa shape index (κ2) is 6.73. The largest absolute Gasteiger partial charge is 0.369 e. The molecular formula is C13H24N2O3. The molecule has 0 bridgehead atoms. The number of piperidine rings is 1. The maximum Gasteiger partial charge on any atom is 0.248 e. The lowest BCUT2D eigenvalue weighted by Crippen LogP contribution is -2.44. The van der Waals surface area contributed by atoms with Crippen LogP contribution in [-0.4, -0.2) is 61.5 Å². The zero-order valence-electron chi connectivity index (χ0n) is 11.8. The fourth-order valence-electron chi connectivity index (χ4n) is 2.07. The van der Waals surface area contributed by atoms with E-state index in [9.17, 15) is 9.59 Å². The number of likely N-dealkylation sites (tertiary alicyclic amines) is 1. The van der Waals surface area contributed by atoms with Gasteiger partial charge >= 0.3 is 0 Å². The normalized spacial score (nSPS) is 17.1. The molecule has 0 aromatic rings. The molecule has 0 unspecified atom stereocenters. The molecule has 0 spiro atoms. The second-order valence-electron chi connectivity index (χ2n) is 5.25. The standard InChI is InChI=1S/C13H24N2O3/c1-10(2)18-9-12(16)15-7-5-11(6-8-15)13(17)14(3)4/h10-11H,5-9H2,1-4H3. The third-order valence-electron chi connectivity index (χ3n) is 3.18. The predicted molar refractivity (Wildman–Crippen MR) is 69.1 cm³/mol. The summed E-state index contributed by atoms with van der Waals surface area (Å²) in [5, 5.41) is 0. The van der Waals surface area contributed by atoms with E-state index < -0.39 is 0 Å². The highest BCUT2D eigenvalue weighted by Gasteiger charge is 2.28. The van der Waals surface area contributed by atoms with Gasteiger partial charge in [-0.05, 0) is 26.7 Å². The van der Waals surface area contributed by atoms with E-state index in [1.54, 1.807) is 23.9 Å². The van der Waals surface area contributed by atoms with Crippen LogP contribution in [-0.2, 0) is 14.3 Å². The first kappa shape index (κ1) is 15.0. The van der Waals surface area contributed by atoms with E-state index in [2.05, 4.69) is 0 Å². The Morgan fingerprint density at radius 3 is 2.28 bits per heavy atom. The Morgan fingerprint density at radius 2 is 1.83 bits per heavy atom. The average molecular weight is 256 g/mol. The van der Waals surface area contributed by atoms with E-state index in [4.69, 9.17) is 4.74 Å². The van der Waals surface area contributed by atoms with E-state index in [1.165, 1.54) is 0 Å². The van der Waals surface area contributed by atoms with Crippen molar-refractivity contribution in [3.8, 4) is 0 Å². The zero-order chi connectivity index (χ0) is 13.7. The molecule has 5 nitrogen and oxygen atoms in total. The van der Waals surface area contributed by atoms with Crippen LogP contribution in [0.1, 0.15) is 26.7 Å². The third-order valence-corrected chi connectivity index (χ3v) is 3.18. The van der Waals surface area contributed by atoms with Gasteiger partial charge in [0.2, 0.25) is 11.8 Å². The maximum absolute atomic E-state index is 11.8. The van der Waals surface area contributed by atoms with Gasteiger partial charge in [0.25, 0.3) is 0 Å². The average Bonchev–Trinajstić information content (AvgIpc) is 2.35. The number of hydrogen-bond donors (Lipinski definition) is 0. The third kappa shape index (κ3) is 4.29. The first-order valence-electron chi connectivity index (χ1n) is 6.52. The molecular weight excluding hydrogens is 232 g/mol. The Bertz CT molecular complexity index is 295. The van der Waals surface area contributed by atoms with Gasteiger partial charge in [-0.15, -0.1) is 0 Å². The van der Waals surface area contributed by atoms with Crippen LogP contribution in [0.3, 0.4) is 0 Å². The van der Waals surface area contributed by atoms with Gasteiger partial charge < -0.3 is 14.5 Å². The summed E-state index contributed by atoms with van der Waals surface area (Å²) in [7, 11) is 3.55. The van der Waals surface area contributed by atoms with Crippen molar-refractivity contribution in [2.75, 3.05) is 33.8 Å². The lowest BCUT2D eigenvalue weighted by Gasteiger charge is -2.32. The molecule has 1 aliphatic rings. The molecule has 0 atom stereocenters. The van der Waals surface area contributed by atoms with Crippen molar-refractivity contribution in [3.05, 3.63) is 0 Å². The van der Waals surface area contributed by atoms with Crippen molar-refractivity contribution in [3.63, 3.8) is 0 Å². The molecule has 0 aromatic carbocycles. The van der Waals surface area contributed by atoms with Crippen LogP contribution in [0, 0.1) is 5.92 Å². The van der Waals surface area contributed by atoms with Crippen molar-refractivity contribution >= 4 is 11.8 Å². The van der Waals surface area contributed by atoms with Gasteiger partial charge in [0.1, 0.15) is 6.61 Å². The van der Waals surface area contributed by atoms with E-state index in [1.807, 2.05) is 13.8 Å². The van der Waals surface area contributed by atoms with Gasteiger partial charge in [-0.2, -0.15) is 0 Å². The molecule has 5 heteroatoms. The van der Waals surface area contributed by atoms with E-state index in [0.29, 0.717) is 13.1 Å². The second-order valence-corrected chi connectivity index (χ2v) is 5.25. The SMILES string of the molecule is CC(C)OCC(=O)N1CCC(C(=O)N(C)C)CC1. The van der Waals surface area contributed by atoms with Crippen LogP contribution >= 0.6 is 0 Å². The molecule has 18 heavy (non-hydrogen) atoms. The van der Waals surface area contributed by atoms with Crippen molar-refractivity contribution in [2.24, 2.45) is 5.92 Å². The molecule has 0 saturated carbocycles. The van der Waals surface area contributed by atoms with Crippen molar-refractivity contribution in [2.45, 2.75) is 32.8 Å². The van der Waals surface area contributed by atoms with Crippen LogP contribution in [0.4, 0.5) is 0 Å². The molecule has 2 amide bonds. The number of rotatable bonds is 4. The van der Waals surface area contributed by atoms with Crippen molar-refractivity contribution in [1.29, 1.82) is 0 Å². The maximum atomic E-state index is 11.8. The molecule has 1 rings (SSSR count). The Balaban J connectivity index is 2.35. The molecule has 0 aliphatic carbocycles. The number of nitrogens with zero attached hydrogens (tertiary/aromatic N) is 2. The molecule has 0 aromatic heterocycles. The van der Waals surface area contributed by atoms with Crippen molar-refractivity contribution in [1.82, 2.24) is 9.80 Å². The van der Waals surface area contributed by atoms with E-state index in [-0.39, 0.29) is 30.4 Å². The number of ether oxygens (including phenoxy) is 1. The van der Waals surface area contributed by atoms with Crippen LogP contribution < -0.4 is 0 Å². The molecule has 1 aliphatic heterocycles. The Labute approximate surface area is 109 Å². The summed E-state index contributed by atoms with van der Waals surface area (Å²) in [5.74, 6) is 0.259. The summed E-state index contributed by atoms with van der Waals surface area (Å²) in [5.41, 5.74) is 0. The van der Waals surface area contributed by atoms with Crippen LogP contribution in [0.25, 0.3) is 0 Å². The minimum Gasteiger partial charge on any atom is -0.369 e. The summed E-state index contributed by atoms with van der Waals surface area (Å²) >= 11 is 0. The summed E-state index contributed by atoms with van der Waals surface area (Å²) in [6.07, 6.45) is 1.58. The highest BCUT2D eigenvalue weighted by atomic mass is 16.5. The number of amides is 2. The molecule has 104 valence electrons. The molecule has 1 heterocycles. The van der Waals surface area contributed by atoms with Gasteiger partial charge in [-0.3, -0.25) is 9.59 Å². The van der Waals surface area contributed by atoms with Gasteiger partial charge in [-0.1, -0.05) is 0 Å². The van der Waals surface area contributed by atoms with Crippen LogP contribution in [0.15, 0.2) is 0 Å². The van der Waals surface area contributed by atoms with Gasteiger partial charge in [0, 0.05) is 33.1 Å². The zero-order valence-corrected chi connectivity index (χ0v) is 11.8.